The first-order valence-corrected chi connectivity index (χ1v) is 10.6. The minimum Gasteiger partial charge on any atom is -0.486 e. The highest BCUT2D eigenvalue weighted by Crippen LogP contribution is 2.43. The zero-order chi connectivity index (χ0) is 22.5. The van der Waals surface area contributed by atoms with Gasteiger partial charge in [-0.25, -0.2) is 0 Å². The predicted molar refractivity (Wildman–Crippen MR) is 116 cm³/mol. The van der Waals surface area contributed by atoms with Crippen LogP contribution in [0.25, 0.3) is 0 Å². The minimum absolute atomic E-state index is 0.00683. The molecule has 1 saturated heterocycles. The van der Waals surface area contributed by atoms with E-state index in [0.29, 0.717) is 53.4 Å². The lowest BCUT2D eigenvalue weighted by Crippen LogP contribution is -2.52. The number of aryl methyl sites for hydroxylation is 2. The number of benzene rings is 2. The van der Waals surface area contributed by atoms with Crippen molar-refractivity contribution in [3.63, 3.8) is 0 Å². The van der Waals surface area contributed by atoms with Crippen molar-refractivity contribution in [2.24, 2.45) is 0 Å². The second-order valence-electron chi connectivity index (χ2n) is 8.44. The van der Waals surface area contributed by atoms with E-state index in [9.17, 15) is 19.7 Å². The Morgan fingerprint density at radius 1 is 1.16 bits per heavy atom. The number of nitro benzene ring substituents is 1. The van der Waals surface area contributed by atoms with Crippen LogP contribution in [-0.4, -0.2) is 40.2 Å². The largest absolute Gasteiger partial charge is 0.486 e. The van der Waals surface area contributed by atoms with Crippen LogP contribution < -0.4 is 4.74 Å². The van der Waals surface area contributed by atoms with E-state index in [1.807, 2.05) is 19.9 Å². The number of carbonyl (C=O) groups excluding carboxylic acids is 2. The molecule has 0 bridgehead atoms. The molecule has 4 rings (SSSR count). The second-order valence-corrected chi connectivity index (χ2v) is 8.82. The maximum atomic E-state index is 12.9. The summed E-state index contributed by atoms with van der Waals surface area (Å²) in [4.78, 5) is 38.1. The molecule has 2 heterocycles. The van der Waals surface area contributed by atoms with E-state index in [1.54, 1.807) is 17.9 Å². The summed E-state index contributed by atoms with van der Waals surface area (Å²) in [6, 6.07) is 6.23. The maximum absolute atomic E-state index is 12.9. The van der Waals surface area contributed by atoms with Crippen LogP contribution in [0.1, 0.15) is 56.7 Å². The van der Waals surface area contributed by atoms with Gasteiger partial charge in [0.25, 0.3) is 11.6 Å². The lowest BCUT2D eigenvalue weighted by Gasteiger charge is -2.44. The summed E-state index contributed by atoms with van der Waals surface area (Å²) in [7, 11) is 0. The molecule has 0 saturated carbocycles. The fraction of sp³-hybridized carbons (Fsp3) is 0.391. The quantitative estimate of drug-likeness (QED) is 0.491. The maximum Gasteiger partial charge on any atom is 0.272 e. The molecular weight excluding hydrogens is 420 g/mol. The number of hydrogen-bond acceptors (Lipinski definition) is 5. The Kier molecular flexibility index (Phi) is 5.25. The summed E-state index contributed by atoms with van der Waals surface area (Å²) in [6.45, 7) is 6.24. The number of likely N-dealkylation sites (tertiary alicyclic amines) is 1. The molecule has 1 fully saturated rings. The summed E-state index contributed by atoms with van der Waals surface area (Å²) in [5.74, 6) is 0.418. The first-order valence-electron chi connectivity index (χ1n) is 10.2. The summed E-state index contributed by atoms with van der Waals surface area (Å²) in [5.41, 5.74) is 2.41. The van der Waals surface area contributed by atoms with Crippen LogP contribution in [0.5, 0.6) is 5.75 Å². The fourth-order valence-corrected chi connectivity index (χ4v) is 4.72. The van der Waals surface area contributed by atoms with Gasteiger partial charge in [0.15, 0.2) is 5.78 Å². The van der Waals surface area contributed by atoms with Gasteiger partial charge in [0.2, 0.25) is 0 Å². The van der Waals surface area contributed by atoms with Gasteiger partial charge in [-0.3, -0.25) is 19.7 Å². The monoisotopic (exact) mass is 442 g/mol. The highest BCUT2D eigenvalue weighted by Gasteiger charge is 2.44. The van der Waals surface area contributed by atoms with E-state index in [-0.39, 0.29) is 23.8 Å². The lowest BCUT2D eigenvalue weighted by molar-refractivity contribution is -0.385. The van der Waals surface area contributed by atoms with E-state index in [2.05, 4.69) is 0 Å². The molecule has 2 aromatic carbocycles. The van der Waals surface area contributed by atoms with Crippen molar-refractivity contribution in [1.29, 1.82) is 0 Å². The molecule has 2 aliphatic rings. The molecule has 0 aromatic heterocycles. The van der Waals surface area contributed by atoms with Crippen LogP contribution in [-0.2, 0) is 0 Å². The Morgan fingerprint density at radius 3 is 2.45 bits per heavy atom. The number of carbonyl (C=O) groups is 2. The van der Waals surface area contributed by atoms with Crippen LogP contribution in [0.4, 0.5) is 5.69 Å². The van der Waals surface area contributed by atoms with Crippen molar-refractivity contribution in [1.82, 2.24) is 4.90 Å². The van der Waals surface area contributed by atoms with E-state index >= 15 is 0 Å². The second kappa shape index (κ2) is 7.64. The molecule has 0 aliphatic carbocycles. The van der Waals surface area contributed by atoms with Crippen molar-refractivity contribution < 1.29 is 19.2 Å². The third kappa shape index (κ3) is 3.67. The van der Waals surface area contributed by atoms with Gasteiger partial charge in [0, 0.05) is 48.1 Å². The molecule has 162 valence electrons. The van der Waals surface area contributed by atoms with Gasteiger partial charge in [0.05, 0.1) is 16.9 Å². The molecule has 1 spiro atoms. The fourth-order valence-electron chi connectivity index (χ4n) is 4.57. The summed E-state index contributed by atoms with van der Waals surface area (Å²) < 4.78 is 6.35. The Bertz CT molecular complexity index is 1120. The molecule has 1 amide bonds. The lowest BCUT2D eigenvalue weighted by atomic mass is 9.81. The van der Waals surface area contributed by atoms with Crippen LogP contribution in [0.2, 0.25) is 5.02 Å². The van der Waals surface area contributed by atoms with Gasteiger partial charge in [-0.05, 0) is 50.1 Å². The number of piperidine rings is 1. The molecule has 7 nitrogen and oxygen atoms in total. The molecular formula is C23H23ClN2O5. The summed E-state index contributed by atoms with van der Waals surface area (Å²) in [6.07, 6.45) is 1.34. The van der Waals surface area contributed by atoms with Gasteiger partial charge in [-0.1, -0.05) is 11.6 Å². The summed E-state index contributed by atoms with van der Waals surface area (Å²) in [5, 5.41) is 11.6. The summed E-state index contributed by atoms with van der Waals surface area (Å²) >= 11 is 6.32. The molecule has 8 heteroatoms. The third-order valence-corrected chi connectivity index (χ3v) is 6.92. The number of nitrogens with zero attached hydrogens (tertiary/aromatic N) is 2. The normalized spacial score (nSPS) is 17.3. The van der Waals surface area contributed by atoms with Crippen LogP contribution in [0.15, 0.2) is 24.3 Å². The Balaban J connectivity index is 1.51. The number of hydrogen-bond donors (Lipinski definition) is 0. The minimum atomic E-state index is -0.626. The number of nitro groups is 1. The number of Topliss-reactive ketones (excluding diaryl/α,β-unsaturated/α-hetero) is 1. The van der Waals surface area contributed by atoms with Gasteiger partial charge < -0.3 is 9.64 Å². The third-order valence-electron chi connectivity index (χ3n) is 6.33. The molecule has 0 unspecified atom stereocenters. The highest BCUT2D eigenvalue weighted by atomic mass is 35.5. The van der Waals surface area contributed by atoms with Crippen LogP contribution >= 0.6 is 11.6 Å². The van der Waals surface area contributed by atoms with E-state index in [4.69, 9.17) is 16.3 Å². The van der Waals surface area contributed by atoms with E-state index in [1.165, 1.54) is 12.1 Å². The van der Waals surface area contributed by atoms with Crippen LogP contribution in [0, 0.1) is 30.9 Å². The molecule has 2 aromatic rings. The zero-order valence-electron chi connectivity index (χ0n) is 17.7. The smallest absolute Gasteiger partial charge is 0.272 e. The van der Waals surface area contributed by atoms with Crippen molar-refractivity contribution in [3.8, 4) is 5.75 Å². The molecule has 0 radical (unpaired) electrons. The molecule has 2 aliphatic heterocycles. The van der Waals surface area contributed by atoms with Crippen molar-refractivity contribution in [2.75, 3.05) is 13.1 Å². The van der Waals surface area contributed by atoms with Gasteiger partial charge in [0.1, 0.15) is 11.4 Å². The van der Waals surface area contributed by atoms with E-state index in [0.717, 1.165) is 11.1 Å². The molecule has 0 atom stereocenters. The SMILES string of the molecule is Cc1cc(C(=O)N2CCC3(CC2)CC(=O)c2c(cc(C)c(Cl)c2C)O3)ccc1[N+](=O)[O-]. The Morgan fingerprint density at radius 2 is 1.84 bits per heavy atom. The van der Waals surface area contributed by atoms with Gasteiger partial charge in [-0.2, -0.15) is 0 Å². The van der Waals surface area contributed by atoms with Gasteiger partial charge >= 0.3 is 0 Å². The van der Waals surface area contributed by atoms with Crippen LogP contribution in [0.3, 0.4) is 0 Å². The Hall–Kier alpha value is -2.93. The number of ether oxygens (including phenoxy) is 1. The number of ketones is 1. The Labute approximate surface area is 185 Å². The van der Waals surface area contributed by atoms with Crippen molar-refractivity contribution in [3.05, 3.63) is 67.2 Å². The molecule has 0 N–H and O–H groups in total. The average molecular weight is 443 g/mol. The van der Waals surface area contributed by atoms with Gasteiger partial charge in [-0.15, -0.1) is 0 Å². The first-order chi connectivity index (χ1) is 14.6. The van der Waals surface area contributed by atoms with E-state index < -0.39 is 10.5 Å². The average Bonchev–Trinajstić information content (AvgIpc) is 2.71. The topological polar surface area (TPSA) is 89.8 Å². The molecule has 31 heavy (non-hydrogen) atoms. The number of amides is 1. The zero-order valence-corrected chi connectivity index (χ0v) is 18.4. The highest BCUT2D eigenvalue weighted by molar-refractivity contribution is 6.32. The van der Waals surface area contributed by atoms with Crippen molar-refractivity contribution >= 4 is 29.0 Å². The first kappa shape index (κ1) is 21.3. The number of rotatable bonds is 2. The standard InChI is InChI=1S/C23H23ClN2O5/c1-13-10-16(4-5-17(13)26(29)30)22(28)25-8-6-23(7-9-25)12-18(27)20-15(3)21(24)14(2)11-19(20)31-23/h4-5,10-11H,6-9,12H2,1-3H3. The predicted octanol–water partition coefficient (Wildman–Crippen LogP) is 4.81. The van der Waals surface area contributed by atoms with Crippen molar-refractivity contribution in [2.45, 2.75) is 45.6 Å². The number of fused-ring (bicyclic) bond motifs is 1. The number of halogens is 1.